The third kappa shape index (κ3) is 10.8. The second kappa shape index (κ2) is 12.9. The first kappa shape index (κ1) is 18.9. The van der Waals surface area contributed by atoms with Gasteiger partial charge in [0.1, 0.15) is 0 Å². The maximum absolute atomic E-state index is 11.7. The highest BCUT2D eigenvalue weighted by atomic mass is 16.5. The molecule has 0 aromatic carbocycles. The van der Waals surface area contributed by atoms with E-state index < -0.39 is 0 Å². The Kier molecular flexibility index (Phi) is 12.2. The van der Waals surface area contributed by atoms with E-state index in [0.717, 1.165) is 19.4 Å². The number of amides is 2. The van der Waals surface area contributed by atoms with Gasteiger partial charge >= 0.3 is 0 Å². The maximum Gasteiger partial charge on any atom is 0.220 e. The maximum atomic E-state index is 11.7. The first-order valence-corrected chi connectivity index (χ1v) is 7.66. The highest BCUT2D eigenvalue weighted by molar-refractivity contribution is 5.83. The average molecular weight is 286 g/mol. The number of carbonyl (C=O) groups is 2. The van der Waals surface area contributed by atoms with Crippen molar-refractivity contribution in [2.45, 2.75) is 52.4 Å². The molecule has 2 N–H and O–H groups in total. The van der Waals surface area contributed by atoms with Gasteiger partial charge in [0.25, 0.3) is 0 Å². The van der Waals surface area contributed by atoms with Crippen molar-refractivity contribution in [2.75, 3.05) is 26.8 Å². The largest absolute Gasteiger partial charge is 0.383 e. The molecule has 118 valence electrons. The van der Waals surface area contributed by atoms with E-state index in [1.54, 1.807) is 7.11 Å². The van der Waals surface area contributed by atoms with Gasteiger partial charge in [-0.2, -0.15) is 0 Å². The number of hydrogen-bond acceptors (Lipinski definition) is 3. The van der Waals surface area contributed by atoms with Gasteiger partial charge in [-0.25, -0.2) is 0 Å². The molecule has 0 fully saturated rings. The summed E-state index contributed by atoms with van der Waals surface area (Å²) in [5.74, 6) is 0.409. The predicted octanol–water partition coefficient (Wildman–Crippen LogP) is 1.86. The SMILES string of the molecule is CCCCC(CC)CNC(=O)CCC(=O)NCCOC. The molecule has 0 saturated heterocycles. The summed E-state index contributed by atoms with van der Waals surface area (Å²) in [6.07, 6.45) is 5.12. The van der Waals surface area contributed by atoms with Crippen LogP contribution in [0.4, 0.5) is 0 Å². The van der Waals surface area contributed by atoms with Gasteiger partial charge < -0.3 is 15.4 Å². The van der Waals surface area contributed by atoms with Crippen molar-refractivity contribution in [1.29, 1.82) is 0 Å². The summed E-state index contributed by atoms with van der Waals surface area (Å²) in [5, 5.41) is 5.62. The van der Waals surface area contributed by atoms with Gasteiger partial charge in [0.15, 0.2) is 0 Å². The highest BCUT2D eigenvalue weighted by Crippen LogP contribution is 2.11. The molecule has 0 rings (SSSR count). The van der Waals surface area contributed by atoms with Crippen molar-refractivity contribution in [3.05, 3.63) is 0 Å². The lowest BCUT2D eigenvalue weighted by Gasteiger charge is -2.15. The molecule has 0 bridgehead atoms. The van der Waals surface area contributed by atoms with Crippen LogP contribution in [0.15, 0.2) is 0 Å². The quantitative estimate of drug-likeness (QED) is 0.538. The van der Waals surface area contributed by atoms with Crippen LogP contribution in [0.5, 0.6) is 0 Å². The van der Waals surface area contributed by atoms with Crippen molar-refractivity contribution in [3.8, 4) is 0 Å². The first-order valence-electron chi connectivity index (χ1n) is 7.66. The number of carbonyl (C=O) groups excluding carboxylic acids is 2. The number of ether oxygens (including phenoxy) is 1. The third-order valence-corrected chi connectivity index (χ3v) is 3.34. The van der Waals surface area contributed by atoms with E-state index in [1.165, 1.54) is 12.8 Å². The molecule has 0 aliphatic heterocycles. The van der Waals surface area contributed by atoms with Crippen LogP contribution < -0.4 is 10.6 Å². The van der Waals surface area contributed by atoms with Crippen LogP contribution in [0.3, 0.4) is 0 Å². The van der Waals surface area contributed by atoms with Gasteiger partial charge in [0.2, 0.25) is 11.8 Å². The van der Waals surface area contributed by atoms with Crippen LogP contribution in [0.25, 0.3) is 0 Å². The standard InChI is InChI=1S/C15H30N2O3/c1-4-6-7-13(5-2)12-17-15(19)9-8-14(18)16-10-11-20-3/h13H,4-12H2,1-3H3,(H,16,18)(H,17,19). The molecule has 0 heterocycles. The fourth-order valence-electron chi connectivity index (χ4n) is 1.90. The number of nitrogens with one attached hydrogen (secondary N) is 2. The Morgan fingerprint density at radius 3 is 2.30 bits per heavy atom. The Bertz CT molecular complexity index is 270. The average Bonchev–Trinajstić information content (AvgIpc) is 2.45. The van der Waals surface area contributed by atoms with Gasteiger partial charge in [-0.15, -0.1) is 0 Å². The normalized spacial score (nSPS) is 11.9. The molecule has 0 saturated carbocycles. The molecule has 2 amide bonds. The van der Waals surface area contributed by atoms with Gasteiger partial charge in [0.05, 0.1) is 6.61 Å². The summed E-state index contributed by atoms with van der Waals surface area (Å²) in [4.78, 5) is 23.1. The molecule has 0 aromatic rings. The predicted molar refractivity (Wildman–Crippen MR) is 80.4 cm³/mol. The van der Waals surface area contributed by atoms with Crippen LogP contribution in [0.1, 0.15) is 52.4 Å². The Morgan fingerprint density at radius 2 is 1.75 bits per heavy atom. The lowest BCUT2D eigenvalue weighted by atomic mass is 9.99. The smallest absolute Gasteiger partial charge is 0.220 e. The minimum absolute atomic E-state index is 0.0400. The van der Waals surface area contributed by atoms with Crippen molar-refractivity contribution in [1.82, 2.24) is 10.6 Å². The summed E-state index contributed by atoms with van der Waals surface area (Å²) in [6.45, 7) is 6.03. The van der Waals surface area contributed by atoms with Gasteiger partial charge in [0, 0.05) is 33.0 Å². The van der Waals surface area contributed by atoms with E-state index in [4.69, 9.17) is 4.74 Å². The van der Waals surface area contributed by atoms with Crippen molar-refractivity contribution >= 4 is 11.8 Å². The van der Waals surface area contributed by atoms with Gasteiger partial charge in [-0.3, -0.25) is 9.59 Å². The van der Waals surface area contributed by atoms with E-state index in [9.17, 15) is 9.59 Å². The zero-order valence-corrected chi connectivity index (χ0v) is 13.2. The molecule has 20 heavy (non-hydrogen) atoms. The molecule has 0 aromatic heterocycles. The Labute approximate surface area is 122 Å². The van der Waals surface area contributed by atoms with Gasteiger partial charge in [-0.05, 0) is 12.3 Å². The Morgan fingerprint density at radius 1 is 1.10 bits per heavy atom. The van der Waals surface area contributed by atoms with Crippen LogP contribution in [0, 0.1) is 5.92 Å². The molecule has 5 nitrogen and oxygen atoms in total. The summed E-state index contributed by atoms with van der Waals surface area (Å²) in [6, 6.07) is 0. The molecule has 0 radical (unpaired) electrons. The first-order chi connectivity index (χ1) is 9.63. The Balaban J connectivity index is 3.68. The molecular formula is C15H30N2O3. The van der Waals surface area contributed by atoms with Crippen molar-refractivity contribution < 1.29 is 14.3 Å². The minimum Gasteiger partial charge on any atom is -0.383 e. The van der Waals surface area contributed by atoms with Crippen LogP contribution in [-0.4, -0.2) is 38.6 Å². The molecule has 0 aliphatic rings. The van der Waals surface area contributed by atoms with Gasteiger partial charge in [-0.1, -0.05) is 33.1 Å². The topological polar surface area (TPSA) is 67.4 Å². The molecule has 0 spiro atoms. The number of hydrogen-bond donors (Lipinski definition) is 2. The summed E-state index contributed by atoms with van der Waals surface area (Å²) < 4.78 is 4.83. The zero-order chi connectivity index (χ0) is 15.2. The lowest BCUT2D eigenvalue weighted by molar-refractivity contribution is -0.126. The van der Waals surface area contributed by atoms with Crippen LogP contribution in [-0.2, 0) is 14.3 Å². The fraction of sp³-hybridized carbons (Fsp3) is 0.867. The number of unbranched alkanes of at least 4 members (excludes halogenated alkanes) is 1. The molecule has 1 unspecified atom stereocenters. The number of rotatable bonds is 12. The molecular weight excluding hydrogens is 256 g/mol. The van der Waals surface area contributed by atoms with Crippen LogP contribution >= 0.6 is 0 Å². The highest BCUT2D eigenvalue weighted by Gasteiger charge is 2.09. The fourth-order valence-corrected chi connectivity index (χ4v) is 1.90. The number of methoxy groups -OCH3 is 1. The summed E-state index contributed by atoms with van der Waals surface area (Å²) >= 11 is 0. The second-order valence-electron chi connectivity index (χ2n) is 5.06. The van der Waals surface area contributed by atoms with E-state index in [0.29, 0.717) is 19.1 Å². The zero-order valence-electron chi connectivity index (χ0n) is 13.2. The van der Waals surface area contributed by atoms with E-state index in [2.05, 4.69) is 24.5 Å². The van der Waals surface area contributed by atoms with E-state index in [1.807, 2.05) is 0 Å². The Hall–Kier alpha value is -1.10. The summed E-state index contributed by atoms with van der Waals surface area (Å²) in [5.41, 5.74) is 0. The lowest BCUT2D eigenvalue weighted by Crippen LogP contribution is -2.31. The summed E-state index contributed by atoms with van der Waals surface area (Å²) in [7, 11) is 1.59. The minimum atomic E-state index is -0.102. The van der Waals surface area contributed by atoms with E-state index in [-0.39, 0.29) is 24.7 Å². The van der Waals surface area contributed by atoms with Crippen molar-refractivity contribution in [2.24, 2.45) is 5.92 Å². The third-order valence-electron chi connectivity index (χ3n) is 3.34. The molecule has 0 aliphatic carbocycles. The van der Waals surface area contributed by atoms with Crippen LogP contribution in [0.2, 0.25) is 0 Å². The molecule has 5 heteroatoms. The van der Waals surface area contributed by atoms with Crippen molar-refractivity contribution in [3.63, 3.8) is 0 Å². The second-order valence-corrected chi connectivity index (χ2v) is 5.06. The monoisotopic (exact) mass is 286 g/mol. The molecule has 1 atom stereocenters. The van der Waals surface area contributed by atoms with E-state index >= 15 is 0 Å².